The molecule has 0 amide bonds. The van der Waals surface area contributed by atoms with E-state index in [2.05, 4.69) is 0 Å². The lowest BCUT2D eigenvalue weighted by Gasteiger charge is -2.18. The summed E-state index contributed by atoms with van der Waals surface area (Å²) in [7, 11) is 0. The topological polar surface area (TPSA) is 163 Å². The summed E-state index contributed by atoms with van der Waals surface area (Å²) in [5, 5.41) is 0. The number of benzene rings is 2. The van der Waals surface area contributed by atoms with Gasteiger partial charge >= 0.3 is 17.6 Å². The molecular formula is C35H32FN3O11. The fraction of sp³-hybridized carbons (Fsp3) is 0.314. The number of hydrogen-bond donors (Lipinski definition) is 0. The van der Waals surface area contributed by atoms with Crippen LogP contribution in [0.2, 0.25) is 0 Å². The molecule has 6 rings (SSSR count). The third-order valence-electron chi connectivity index (χ3n) is 8.21. The van der Waals surface area contributed by atoms with Gasteiger partial charge in [-0.25, -0.2) is 9.59 Å². The van der Waals surface area contributed by atoms with Gasteiger partial charge in [-0.15, -0.1) is 0 Å². The van der Waals surface area contributed by atoms with Crippen LogP contribution in [0, 0.1) is 5.82 Å². The SMILES string of the molecule is CC(=O)OC[C@H]1O[C@@H](n2cc(F)c(=O)n(C(=O)c3cccc(C(=O)Oc4ccn(C5CCCO5)c(=O)c4)c3)c2=O)C[C@@H]1OCc1ccccc1. The van der Waals surface area contributed by atoms with Crippen molar-refractivity contribution in [1.29, 1.82) is 0 Å². The maximum Gasteiger partial charge on any atom is 0.343 e. The Morgan fingerprint density at radius 2 is 1.72 bits per heavy atom. The largest absolute Gasteiger partial charge is 0.463 e. The van der Waals surface area contributed by atoms with Crippen LogP contribution in [0.3, 0.4) is 0 Å². The summed E-state index contributed by atoms with van der Waals surface area (Å²) in [6.07, 6.45) is 0.404. The highest BCUT2D eigenvalue weighted by Gasteiger charge is 2.39. The van der Waals surface area contributed by atoms with Crippen molar-refractivity contribution in [1.82, 2.24) is 13.7 Å². The molecule has 0 bridgehead atoms. The molecule has 0 spiro atoms. The Labute approximate surface area is 283 Å². The highest BCUT2D eigenvalue weighted by atomic mass is 19.1. The molecule has 2 aliphatic rings. The van der Waals surface area contributed by atoms with Crippen LogP contribution in [0.25, 0.3) is 0 Å². The van der Waals surface area contributed by atoms with E-state index < -0.39 is 65.1 Å². The van der Waals surface area contributed by atoms with Gasteiger partial charge in [0.1, 0.15) is 30.9 Å². The summed E-state index contributed by atoms with van der Waals surface area (Å²) in [5.41, 5.74) is -2.75. The number of pyridine rings is 1. The maximum atomic E-state index is 15.1. The van der Waals surface area contributed by atoms with Crippen LogP contribution in [-0.2, 0) is 30.3 Å². The molecule has 2 saturated heterocycles. The first kappa shape index (κ1) is 34.4. The van der Waals surface area contributed by atoms with Gasteiger partial charge in [0.2, 0.25) is 5.82 Å². The van der Waals surface area contributed by atoms with E-state index in [0.29, 0.717) is 19.2 Å². The predicted octanol–water partition coefficient (Wildman–Crippen LogP) is 2.96. The minimum atomic E-state index is -1.51. The molecule has 2 fully saturated rings. The molecule has 0 saturated carbocycles. The van der Waals surface area contributed by atoms with Crippen LogP contribution in [-0.4, -0.2) is 57.0 Å². The number of carbonyl (C=O) groups is 3. The van der Waals surface area contributed by atoms with Crippen molar-refractivity contribution >= 4 is 17.8 Å². The third kappa shape index (κ3) is 7.54. The lowest BCUT2D eigenvalue weighted by molar-refractivity contribution is -0.148. The number of halogens is 1. The molecule has 50 heavy (non-hydrogen) atoms. The van der Waals surface area contributed by atoms with E-state index in [0.717, 1.165) is 28.7 Å². The summed E-state index contributed by atoms with van der Waals surface area (Å²) >= 11 is 0. The van der Waals surface area contributed by atoms with E-state index >= 15 is 4.39 Å². The standard InChI is InChI=1S/C35H32FN3O11/c1-21(40)47-20-28-27(48-19-22-7-3-2-4-8-22)17-31(50-28)38-18-26(36)33(43)39(35(38)45)32(42)23-9-5-10-24(15-23)34(44)49-25-12-13-37(29(41)16-25)30-11-6-14-46-30/h2-5,7-10,12-13,15-16,18,27-28,30-31H,6,11,14,17,19-20H2,1H3/t27-,28+,30?,31+/m0/s1. The van der Waals surface area contributed by atoms with Crippen LogP contribution in [0.15, 0.2) is 93.5 Å². The summed E-state index contributed by atoms with van der Waals surface area (Å²) < 4.78 is 45.2. The van der Waals surface area contributed by atoms with Gasteiger partial charge in [-0.3, -0.25) is 28.3 Å². The smallest absolute Gasteiger partial charge is 0.343 e. The second-order valence-electron chi connectivity index (χ2n) is 11.7. The molecule has 4 atom stereocenters. The second kappa shape index (κ2) is 14.9. The Morgan fingerprint density at radius 1 is 0.940 bits per heavy atom. The predicted molar refractivity (Wildman–Crippen MR) is 171 cm³/mol. The van der Waals surface area contributed by atoms with Crippen molar-refractivity contribution in [3.8, 4) is 5.75 Å². The zero-order valence-electron chi connectivity index (χ0n) is 26.8. The highest BCUT2D eigenvalue weighted by Crippen LogP contribution is 2.31. The molecule has 2 aliphatic heterocycles. The summed E-state index contributed by atoms with van der Waals surface area (Å²) in [6, 6.07) is 16.7. The van der Waals surface area contributed by atoms with Crippen LogP contribution >= 0.6 is 0 Å². The molecule has 14 nitrogen and oxygen atoms in total. The Morgan fingerprint density at radius 3 is 2.44 bits per heavy atom. The normalized spacial score (nSPS) is 20.0. The number of aromatic nitrogens is 3. The first-order valence-corrected chi connectivity index (χ1v) is 15.8. The van der Waals surface area contributed by atoms with E-state index in [9.17, 15) is 28.8 Å². The van der Waals surface area contributed by atoms with Gasteiger partial charge in [0.15, 0.2) is 0 Å². The fourth-order valence-corrected chi connectivity index (χ4v) is 5.73. The highest BCUT2D eigenvalue weighted by molar-refractivity contribution is 5.99. The van der Waals surface area contributed by atoms with Crippen molar-refractivity contribution in [3.05, 3.63) is 133 Å². The molecule has 2 aromatic carbocycles. The fourth-order valence-electron chi connectivity index (χ4n) is 5.73. The number of carbonyl (C=O) groups excluding carboxylic acids is 3. The minimum Gasteiger partial charge on any atom is -0.463 e. The number of rotatable bonds is 10. The van der Waals surface area contributed by atoms with Gasteiger partial charge in [0.25, 0.3) is 17.0 Å². The molecule has 0 radical (unpaired) electrons. The third-order valence-corrected chi connectivity index (χ3v) is 8.21. The van der Waals surface area contributed by atoms with Gasteiger partial charge in [-0.1, -0.05) is 36.4 Å². The van der Waals surface area contributed by atoms with Gasteiger partial charge in [-0.2, -0.15) is 8.96 Å². The van der Waals surface area contributed by atoms with Crippen LogP contribution in [0.4, 0.5) is 4.39 Å². The van der Waals surface area contributed by atoms with Crippen LogP contribution in [0.5, 0.6) is 5.75 Å². The zero-order valence-corrected chi connectivity index (χ0v) is 26.8. The average molecular weight is 690 g/mol. The monoisotopic (exact) mass is 689 g/mol. The first-order valence-electron chi connectivity index (χ1n) is 15.8. The lowest BCUT2D eigenvalue weighted by atomic mass is 10.1. The molecule has 1 unspecified atom stereocenters. The number of ether oxygens (including phenoxy) is 5. The minimum absolute atomic E-state index is 0.00985. The summed E-state index contributed by atoms with van der Waals surface area (Å²) in [5.74, 6) is -4.19. The maximum absolute atomic E-state index is 15.1. The van der Waals surface area contributed by atoms with Gasteiger partial charge in [0.05, 0.1) is 24.5 Å². The quantitative estimate of drug-likeness (QED) is 0.225. The van der Waals surface area contributed by atoms with Gasteiger partial charge in [0, 0.05) is 37.8 Å². The zero-order chi connectivity index (χ0) is 35.4. The molecule has 4 aromatic rings. The number of nitrogens with zero attached hydrogens (tertiary/aromatic N) is 3. The van der Waals surface area contributed by atoms with Gasteiger partial charge < -0.3 is 23.7 Å². The van der Waals surface area contributed by atoms with E-state index in [1.54, 1.807) is 0 Å². The molecule has 0 aliphatic carbocycles. The molecule has 260 valence electrons. The van der Waals surface area contributed by atoms with Gasteiger partial charge in [-0.05, 0) is 42.7 Å². The van der Waals surface area contributed by atoms with E-state index in [-0.39, 0.29) is 41.1 Å². The Bertz CT molecular complexity index is 2090. The number of hydrogen-bond acceptors (Lipinski definition) is 11. The summed E-state index contributed by atoms with van der Waals surface area (Å²) in [6.45, 7) is 1.69. The molecule has 15 heteroatoms. The average Bonchev–Trinajstić information content (AvgIpc) is 3.79. The van der Waals surface area contributed by atoms with Crippen molar-refractivity contribution in [2.75, 3.05) is 13.2 Å². The van der Waals surface area contributed by atoms with Crippen molar-refractivity contribution in [2.24, 2.45) is 0 Å². The van der Waals surface area contributed by atoms with Crippen molar-refractivity contribution < 1.29 is 42.5 Å². The molecule has 4 heterocycles. The van der Waals surface area contributed by atoms with Crippen LogP contribution < -0.4 is 21.5 Å². The Balaban J connectivity index is 1.22. The van der Waals surface area contributed by atoms with Crippen molar-refractivity contribution in [3.63, 3.8) is 0 Å². The molecule has 0 N–H and O–H groups in total. The number of esters is 2. The van der Waals surface area contributed by atoms with E-state index in [1.807, 2.05) is 30.3 Å². The van der Waals surface area contributed by atoms with E-state index in [1.165, 1.54) is 42.0 Å². The Kier molecular flexibility index (Phi) is 10.3. The van der Waals surface area contributed by atoms with Crippen molar-refractivity contribution in [2.45, 2.75) is 57.5 Å². The second-order valence-corrected chi connectivity index (χ2v) is 11.7. The summed E-state index contributed by atoms with van der Waals surface area (Å²) in [4.78, 5) is 77.1. The Hall–Kier alpha value is -5.51. The van der Waals surface area contributed by atoms with E-state index in [4.69, 9.17) is 23.7 Å². The lowest BCUT2D eigenvalue weighted by Crippen LogP contribution is -2.46. The first-order chi connectivity index (χ1) is 24.1. The van der Waals surface area contributed by atoms with Crippen LogP contribution in [0.1, 0.15) is 64.9 Å². The molecule has 2 aromatic heterocycles. The molecular weight excluding hydrogens is 657 g/mol.